The molecule has 2 unspecified atom stereocenters. The van der Waals surface area contributed by atoms with Crippen LogP contribution in [0.2, 0.25) is 0 Å². The van der Waals surface area contributed by atoms with E-state index in [1.807, 2.05) is 7.05 Å². The van der Waals surface area contributed by atoms with Crippen molar-refractivity contribution in [2.45, 2.75) is 32.0 Å². The third kappa shape index (κ3) is 16.1. The van der Waals surface area contributed by atoms with E-state index in [0.29, 0.717) is 13.2 Å². The van der Waals surface area contributed by atoms with Gasteiger partial charge in [-0.3, -0.25) is 0 Å². The molecule has 134 valence electrons. The molecule has 0 rings (SSSR count). The molecule has 0 radical (unpaired) electrons. The van der Waals surface area contributed by atoms with Gasteiger partial charge in [-0.25, -0.2) is 0 Å². The van der Waals surface area contributed by atoms with Crippen molar-refractivity contribution in [2.75, 3.05) is 66.2 Å². The van der Waals surface area contributed by atoms with Gasteiger partial charge in [0.2, 0.25) is 0 Å². The number of hydrogen-bond donors (Lipinski definition) is 5. The molecule has 0 saturated carbocycles. The monoisotopic (exact) mass is 321 g/mol. The molecule has 7 nitrogen and oxygen atoms in total. The molecule has 0 heterocycles. The van der Waals surface area contributed by atoms with Crippen molar-refractivity contribution in [1.29, 1.82) is 0 Å². The average Bonchev–Trinajstić information content (AvgIpc) is 2.51. The van der Waals surface area contributed by atoms with Gasteiger partial charge in [0.15, 0.2) is 0 Å². The maximum Gasteiger partial charge on any atom is 0.101 e. The number of likely N-dealkylation sites (N-methyl/N-ethyl adjacent to an activating group) is 1. The molecule has 5 N–H and O–H groups in total. The second-order valence-corrected chi connectivity index (χ2v) is 5.33. The largest absolute Gasteiger partial charge is 0.389 e. The normalized spacial score (nSPS) is 14.2. The minimum absolute atomic E-state index is 0.189. The summed E-state index contributed by atoms with van der Waals surface area (Å²) in [4.78, 5) is 0. The maximum atomic E-state index is 9.72. The molecule has 2 atom stereocenters. The molecule has 7 heteroatoms. The predicted octanol–water partition coefficient (Wildman–Crippen LogP) is -1.06. The molecule has 0 aliphatic heterocycles. The lowest BCUT2D eigenvalue weighted by Gasteiger charge is -2.15. The minimum Gasteiger partial charge on any atom is -0.389 e. The zero-order chi connectivity index (χ0) is 16.5. The van der Waals surface area contributed by atoms with Crippen molar-refractivity contribution in [2.24, 2.45) is 0 Å². The van der Waals surface area contributed by atoms with Gasteiger partial charge in [-0.05, 0) is 13.5 Å². The molecule has 0 saturated heterocycles. The molecule has 22 heavy (non-hydrogen) atoms. The standard InChI is InChI=1S/C15H35N3O4/c1-3-4-9-21-12-15(20)13-22-11-14(19)10-18-8-7-17-6-5-16-2/h14-20H,3-13H2,1-2H3. The van der Waals surface area contributed by atoms with Crippen molar-refractivity contribution in [1.82, 2.24) is 16.0 Å². The third-order valence-electron chi connectivity index (χ3n) is 2.98. The molecule has 0 fully saturated rings. The van der Waals surface area contributed by atoms with Crippen LogP contribution in [-0.4, -0.2) is 88.6 Å². The highest BCUT2D eigenvalue weighted by Gasteiger charge is 2.07. The van der Waals surface area contributed by atoms with E-state index in [2.05, 4.69) is 22.9 Å². The van der Waals surface area contributed by atoms with E-state index >= 15 is 0 Å². The van der Waals surface area contributed by atoms with Crippen LogP contribution in [0.15, 0.2) is 0 Å². The lowest BCUT2D eigenvalue weighted by Crippen LogP contribution is -2.36. The van der Waals surface area contributed by atoms with E-state index in [1.54, 1.807) is 0 Å². The highest BCUT2D eigenvalue weighted by atomic mass is 16.5. The second-order valence-electron chi connectivity index (χ2n) is 5.33. The number of aliphatic hydroxyl groups excluding tert-OH is 2. The van der Waals surface area contributed by atoms with Crippen LogP contribution in [0, 0.1) is 0 Å². The Hall–Kier alpha value is -0.280. The Balaban J connectivity index is 3.29. The smallest absolute Gasteiger partial charge is 0.101 e. The van der Waals surface area contributed by atoms with Crippen molar-refractivity contribution in [3.63, 3.8) is 0 Å². The number of unbranched alkanes of at least 4 members (excludes halogenated alkanes) is 1. The van der Waals surface area contributed by atoms with Gasteiger partial charge in [-0.2, -0.15) is 0 Å². The van der Waals surface area contributed by atoms with Gasteiger partial charge in [0.05, 0.1) is 25.9 Å². The molecule has 0 aliphatic rings. The summed E-state index contributed by atoms with van der Waals surface area (Å²) in [5, 5.41) is 28.8. The fourth-order valence-electron chi connectivity index (χ4n) is 1.70. The van der Waals surface area contributed by atoms with Gasteiger partial charge in [-0.15, -0.1) is 0 Å². The van der Waals surface area contributed by atoms with Gasteiger partial charge in [0.25, 0.3) is 0 Å². The van der Waals surface area contributed by atoms with Gasteiger partial charge in [-0.1, -0.05) is 13.3 Å². The fourth-order valence-corrected chi connectivity index (χ4v) is 1.70. The van der Waals surface area contributed by atoms with Crippen molar-refractivity contribution in [3.8, 4) is 0 Å². The molecule has 0 aromatic carbocycles. The quantitative estimate of drug-likeness (QED) is 0.218. The summed E-state index contributed by atoms with van der Waals surface area (Å²) in [5.41, 5.74) is 0. The Morgan fingerprint density at radius 1 is 0.864 bits per heavy atom. The van der Waals surface area contributed by atoms with Gasteiger partial charge < -0.3 is 35.6 Å². The Bertz CT molecular complexity index is 223. The first-order chi connectivity index (χ1) is 10.7. The van der Waals surface area contributed by atoms with E-state index in [9.17, 15) is 10.2 Å². The fraction of sp³-hybridized carbons (Fsp3) is 1.00. The van der Waals surface area contributed by atoms with E-state index in [4.69, 9.17) is 9.47 Å². The summed E-state index contributed by atoms with van der Waals surface area (Å²) in [5.74, 6) is 0. The Morgan fingerprint density at radius 3 is 2.23 bits per heavy atom. The number of ether oxygens (including phenoxy) is 2. The first kappa shape index (κ1) is 21.7. The van der Waals surface area contributed by atoms with Crippen molar-refractivity contribution in [3.05, 3.63) is 0 Å². The lowest BCUT2D eigenvalue weighted by atomic mass is 10.3. The zero-order valence-electron chi connectivity index (χ0n) is 14.1. The first-order valence-corrected chi connectivity index (χ1v) is 8.28. The van der Waals surface area contributed by atoms with Crippen LogP contribution in [0.5, 0.6) is 0 Å². The summed E-state index contributed by atoms with van der Waals surface area (Å²) >= 11 is 0. The average molecular weight is 321 g/mol. The molecule has 0 aromatic heterocycles. The Kier molecular flexibility index (Phi) is 16.9. The van der Waals surface area contributed by atoms with Gasteiger partial charge >= 0.3 is 0 Å². The van der Waals surface area contributed by atoms with Crippen LogP contribution < -0.4 is 16.0 Å². The SMILES string of the molecule is CCCCOCC(O)COCC(O)CNCCNCCNC. The van der Waals surface area contributed by atoms with Crippen LogP contribution in [-0.2, 0) is 9.47 Å². The second kappa shape index (κ2) is 17.1. The molecular formula is C15H35N3O4. The minimum atomic E-state index is -0.631. The van der Waals surface area contributed by atoms with Crippen LogP contribution in [0.25, 0.3) is 0 Å². The number of hydrogen-bond acceptors (Lipinski definition) is 7. The number of nitrogens with one attached hydrogen (secondary N) is 3. The molecule has 0 aromatic rings. The van der Waals surface area contributed by atoms with E-state index in [0.717, 1.165) is 39.0 Å². The summed E-state index contributed by atoms with van der Waals surface area (Å²) < 4.78 is 10.6. The predicted molar refractivity (Wildman–Crippen MR) is 88.2 cm³/mol. The topological polar surface area (TPSA) is 95.0 Å². The van der Waals surface area contributed by atoms with E-state index < -0.39 is 12.2 Å². The van der Waals surface area contributed by atoms with Crippen LogP contribution >= 0.6 is 0 Å². The Morgan fingerprint density at radius 2 is 1.50 bits per heavy atom. The Labute approximate surface area is 134 Å². The van der Waals surface area contributed by atoms with Crippen molar-refractivity contribution >= 4 is 0 Å². The van der Waals surface area contributed by atoms with E-state index in [-0.39, 0.29) is 19.8 Å². The number of rotatable bonds is 17. The molecule has 0 spiro atoms. The number of aliphatic hydroxyl groups is 2. The van der Waals surface area contributed by atoms with E-state index in [1.165, 1.54) is 0 Å². The summed E-state index contributed by atoms with van der Waals surface area (Å²) in [6.07, 6.45) is 0.886. The highest BCUT2D eigenvalue weighted by Crippen LogP contribution is 1.93. The molecule has 0 aliphatic carbocycles. The highest BCUT2D eigenvalue weighted by molar-refractivity contribution is 4.61. The maximum absolute atomic E-state index is 9.72. The molecule has 0 amide bonds. The molecule has 0 bridgehead atoms. The van der Waals surface area contributed by atoms with Crippen molar-refractivity contribution < 1.29 is 19.7 Å². The van der Waals surface area contributed by atoms with Crippen LogP contribution in [0.4, 0.5) is 0 Å². The first-order valence-electron chi connectivity index (χ1n) is 8.28. The summed E-state index contributed by atoms with van der Waals surface area (Å²) in [7, 11) is 1.92. The van der Waals surface area contributed by atoms with Gasteiger partial charge in [0.1, 0.15) is 6.10 Å². The summed E-state index contributed by atoms with van der Waals surface area (Å²) in [6, 6.07) is 0. The van der Waals surface area contributed by atoms with Crippen LogP contribution in [0.1, 0.15) is 19.8 Å². The molecular weight excluding hydrogens is 286 g/mol. The lowest BCUT2D eigenvalue weighted by molar-refractivity contribution is -0.0390. The summed E-state index contributed by atoms with van der Waals surface area (Å²) in [6.45, 7) is 7.48. The van der Waals surface area contributed by atoms with Crippen LogP contribution in [0.3, 0.4) is 0 Å². The van der Waals surface area contributed by atoms with Gasteiger partial charge in [0, 0.05) is 39.3 Å². The zero-order valence-corrected chi connectivity index (χ0v) is 14.1. The third-order valence-corrected chi connectivity index (χ3v) is 2.98.